The molecule has 1 saturated carbocycles. The van der Waals surface area contributed by atoms with Gasteiger partial charge in [0.15, 0.2) is 0 Å². The average Bonchev–Trinajstić information content (AvgIpc) is 2.39. The molecule has 5 nitrogen and oxygen atoms in total. The first-order valence-electron chi connectivity index (χ1n) is 6.56. The highest BCUT2D eigenvalue weighted by Crippen LogP contribution is 2.25. The molecule has 1 amide bonds. The third kappa shape index (κ3) is 3.33. The fraction of sp³-hybridized carbons (Fsp3) is 0.429. The zero-order valence-electron chi connectivity index (χ0n) is 10.9. The molecule has 2 rings (SSSR count). The normalized spacial score (nSPS) is 22.3. The molecule has 0 radical (unpaired) electrons. The number of benzene rings is 1. The number of amides is 1. The highest BCUT2D eigenvalue weighted by Gasteiger charge is 2.24. The van der Waals surface area contributed by atoms with Gasteiger partial charge in [-0.25, -0.2) is 9.18 Å². The lowest BCUT2D eigenvalue weighted by molar-refractivity contribution is -0.120. The summed E-state index contributed by atoms with van der Waals surface area (Å²) in [5, 5.41) is 11.3. The Balaban J connectivity index is 2.01. The van der Waals surface area contributed by atoms with Gasteiger partial charge in [-0.2, -0.15) is 0 Å². The molecule has 0 aromatic heterocycles. The van der Waals surface area contributed by atoms with Gasteiger partial charge in [0.05, 0.1) is 5.56 Å². The van der Waals surface area contributed by atoms with Crippen LogP contribution in [-0.4, -0.2) is 23.0 Å². The van der Waals surface area contributed by atoms with E-state index >= 15 is 0 Å². The van der Waals surface area contributed by atoms with Gasteiger partial charge >= 0.3 is 5.97 Å². The minimum absolute atomic E-state index is 0.114. The van der Waals surface area contributed by atoms with Crippen LogP contribution in [0.2, 0.25) is 0 Å². The van der Waals surface area contributed by atoms with Crippen molar-refractivity contribution in [2.45, 2.75) is 31.7 Å². The molecule has 0 unspecified atom stereocenters. The summed E-state index contributed by atoms with van der Waals surface area (Å²) in [7, 11) is 0. The summed E-state index contributed by atoms with van der Waals surface area (Å²) < 4.78 is 13.5. The molecule has 0 saturated heterocycles. The van der Waals surface area contributed by atoms with Gasteiger partial charge in [0.2, 0.25) is 5.91 Å². The maximum Gasteiger partial charge on any atom is 0.338 e. The van der Waals surface area contributed by atoms with Crippen molar-refractivity contribution in [2.24, 2.45) is 11.7 Å². The second-order valence-electron chi connectivity index (χ2n) is 5.10. The number of carbonyl (C=O) groups is 2. The van der Waals surface area contributed by atoms with Gasteiger partial charge in [-0.15, -0.1) is 0 Å². The molecule has 0 heterocycles. The smallest absolute Gasteiger partial charge is 0.338 e. The summed E-state index contributed by atoms with van der Waals surface area (Å²) in [6.45, 7) is 0. The van der Waals surface area contributed by atoms with Gasteiger partial charge in [-0.05, 0) is 43.9 Å². The van der Waals surface area contributed by atoms with Crippen LogP contribution in [0.25, 0.3) is 0 Å². The molecule has 1 aliphatic carbocycles. The van der Waals surface area contributed by atoms with E-state index in [1.807, 2.05) is 0 Å². The summed E-state index contributed by atoms with van der Waals surface area (Å²) in [5.41, 5.74) is 5.64. The second-order valence-corrected chi connectivity index (χ2v) is 5.10. The van der Waals surface area contributed by atoms with Crippen molar-refractivity contribution in [3.8, 4) is 0 Å². The third-order valence-electron chi connectivity index (χ3n) is 3.61. The number of halogens is 1. The summed E-state index contributed by atoms with van der Waals surface area (Å²) in [4.78, 5) is 22.7. The van der Waals surface area contributed by atoms with Crippen molar-refractivity contribution < 1.29 is 19.1 Å². The van der Waals surface area contributed by atoms with Gasteiger partial charge in [-0.3, -0.25) is 4.79 Å². The molecule has 20 heavy (non-hydrogen) atoms. The fourth-order valence-corrected chi connectivity index (χ4v) is 2.39. The van der Waals surface area contributed by atoms with Crippen molar-refractivity contribution in [2.75, 3.05) is 5.32 Å². The molecule has 1 aliphatic rings. The summed E-state index contributed by atoms with van der Waals surface area (Å²) in [5.74, 6) is -2.47. The largest absolute Gasteiger partial charge is 0.478 e. The van der Waals surface area contributed by atoms with Crippen LogP contribution in [0.5, 0.6) is 0 Å². The Bertz CT molecular complexity index is 525. The Morgan fingerprint density at radius 3 is 2.45 bits per heavy atom. The molecule has 1 fully saturated rings. The molecule has 0 aliphatic heterocycles. The summed E-state index contributed by atoms with van der Waals surface area (Å²) in [6.07, 6.45) is 3.07. The second kappa shape index (κ2) is 6.00. The quantitative estimate of drug-likeness (QED) is 0.789. The van der Waals surface area contributed by atoms with Crippen LogP contribution in [0.3, 0.4) is 0 Å². The minimum Gasteiger partial charge on any atom is -0.478 e. The van der Waals surface area contributed by atoms with Gasteiger partial charge in [0, 0.05) is 17.6 Å². The number of carboxylic acids is 1. The zero-order valence-corrected chi connectivity index (χ0v) is 10.9. The maximum atomic E-state index is 13.5. The van der Waals surface area contributed by atoms with Crippen LogP contribution in [-0.2, 0) is 4.79 Å². The van der Waals surface area contributed by atoms with Crippen LogP contribution in [0, 0.1) is 11.7 Å². The fourth-order valence-electron chi connectivity index (χ4n) is 2.39. The van der Waals surface area contributed by atoms with Crippen molar-refractivity contribution in [1.29, 1.82) is 0 Å². The van der Waals surface area contributed by atoms with Crippen molar-refractivity contribution in [1.82, 2.24) is 0 Å². The SMILES string of the molecule is NC1CCC(C(=O)Nc2ccc(C(=O)O)c(F)c2)CC1. The lowest BCUT2D eigenvalue weighted by atomic mass is 9.86. The summed E-state index contributed by atoms with van der Waals surface area (Å²) in [6, 6.07) is 3.71. The molecule has 108 valence electrons. The van der Waals surface area contributed by atoms with E-state index in [9.17, 15) is 14.0 Å². The van der Waals surface area contributed by atoms with Crippen molar-refractivity contribution in [3.63, 3.8) is 0 Å². The number of nitrogens with one attached hydrogen (secondary N) is 1. The zero-order chi connectivity index (χ0) is 14.7. The van der Waals surface area contributed by atoms with Crippen LogP contribution in [0.15, 0.2) is 18.2 Å². The van der Waals surface area contributed by atoms with E-state index in [0.29, 0.717) is 0 Å². The third-order valence-corrected chi connectivity index (χ3v) is 3.61. The number of nitrogens with two attached hydrogens (primary N) is 1. The molecule has 0 bridgehead atoms. The first kappa shape index (κ1) is 14.5. The molecule has 6 heteroatoms. The van der Waals surface area contributed by atoms with Crippen LogP contribution < -0.4 is 11.1 Å². The van der Waals surface area contributed by atoms with E-state index in [2.05, 4.69) is 5.32 Å². The lowest BCUT2D eigenvalue weighted by Crippen LogP contribution is -2.32. The number of carbonyl (C=O) groups excluding carboxylic acids is 1. The van der Waals surface area contributed by atoms with E-state index in [-0.39, 0.29) is 23.6 Å². The topological polar surface area (TPSA) is 92.4 Å². The van der Waals surface area contributed by atoms with Crippen LogP contribution >= 0.6 is 0 Å². The number of hydrogen-bond donors (Lipinski definition) is 3. The Labute approximate surface area is 116 Å². The van der Waals surface area contributed by atoms with E-state index in [0.717, 1.165) is 37.8 Å². The minimum atomic E-state index is -1.33. The van der Waals surface area contributed by atoms with Crippen molar-refractivity contribution in [3.05, 3.63) is 29.6 Å². The molecule has 4 N–H and O–H groups in total. The number of rotatable bonds is 3. The Hall–Kier alpha value is -1.95. The van der Waals surface area contributed by atoms with Gasteiger partial charge in [-0.1, -0.05) is 0 Å². The van der Waals surface area contributed by atoms with Crippen LogP contribution in [0.1, 0.15) is 36.0 Å². The van der Waals surface area contributed by atoms with E-state index < -0.39 is 17.3 Å². The molecule has 1 aromatic carbocycles. The Morgan fingerprint density at radius 1 is 1.25 bits per heavy atom. The summed E-state index contributed by atoms with van der Waals surface area (Å²) >= 11 is 0. The van der Waals surface area contributed by atoms with E-state index in [4.69, 9.17) is 10.8 Å². The number of anilines is 1. The van der Waals surface area contributed by atoms with Gasteiger partial charge < -0.3 is 16.2 Å². The molecule has 0 spiro atoms. The first-order chi connectivity index (χ1) is 9.47. The Morgan fingerprint density at radius 2 is 1.90 bits per heavy atom. The standard InChI is InChI=1S/C14H17FN2O3/c15-12-7-10(5-6-11(12)14(19)20)17-13(18)8-1-3-9(16)4-2-8/h5-9H,1-4,16H2,(H,17,18)(H,19,20). The lowest BCUT2D eigenvalue weighted by Gasteiger charge is -2.25. The van der Waals surface area contributed by atoms with E-state index in [1.165, 1.54) is 6.07 Å². The number of carboxylic acid groups (broad SMARTS) is 1. The number of hydrogen-bond acceptors (Lipinski definition) is 3. The average molecular weight is 280 g/mol. The van der Waals surface area contributed by atoms with Crippen LogP contribution in [0.4, 0.5) is 10.1 Å². The monoisotopic (exact) mass is 280 g/mol. The Kier molecular flexibility index (Phi) is 4.34. The predicted molar refractivity (Wildman–Crippen MR) is 71.9 cm³/mol. The van der Waals surface area contributed by atoms with Gasteiger partial charge in [0.1, 0.15) is 5.82 Å². The predicted octanol–water partition coefficient (Wildman–Crippen LogP) is 1.98. The van der Waals surface area contributed by atoms with Crippen molar-refractivity contribution >= 4 is 17.6 Å². The highest BCUT2D eigenvalue weighted by molar-refractivity contribution is 5.94. The molecule has 1 aromatic rings. The van der Waals surface area contributed by atoms with Gasteiger partial charge in [0.25, 0.3) is 0 Å². The first-order valence-corrected chi connectivity index (χ1v) is 6.56. The maximum absolute atomic E-state index is 13.5. The number of aromatic carboxylic acids is 1. The van der Waals surface area contributed by atoms with E-state index in [1.54, 1.807) is 0 Å². The molecule has 0 atom stereocenters. The molecular formula is C14H17FN2O3. The highest BCUT2D eigenvalue weighted by atomic mass is 19.1. The molecular weight excluding hydrogens is 263 g/mol.